The number of amides is 13. The molecular formula is C102H148ClN19O26S2. The number of aliphatic imine (C=N–C) groups is 1. The molecule has 3 aromatic carbocycles. The van der Waals surface area contributed by atoms with Crippen LogP contribution < -0.4 is 58.5 Å². The fourth-order valence-electron chi connectivity index (χ4n) is 17.2. The Balaban J connectivity index is 0.871. The number of likely N-dealkylation sites (tertiary alicyclic amines) is 1. The fraction of sp³-hybridized carbons (Fsp3) is 0.598. The quantitative estimate of drug-likeness (QED) is 0.0196. The highest BCUT2D eigenvalue weighted by Crippen LogP contribution is 2.29. The molecule has 0 saturated carbocycles. The Hall–Kier alpha value is -12.2. The van der Waals surface area contributed by atoms with Crippen LogP contribution in [-0.2, 0) is 125 Å². The first-order valence-electron chi connectivity index (χ1n) is 50.9. The summed E-state index contributed by atoms with van der Waals surface area (Å²) in [6.07, 6.45) is 2.40. The smallest absolute Gasteiger partial charge is 0.317 e. The van der Waals surface area contributed by atoms with Crippen LogP contribution >= 0.6 is 35.1 Å². The van der Waals surface area contributed by atoms with E-state index in [-0.39, 0.29) is 180 Å². The van der Waals surface area contributed by atoms with Crippen LogP contribution in [0, 0.1) is 23.7 Å². The Bertz CT molecular complexity index is 5380. The Kier molecular flexibility index (Phi) is 52.3. The molecule has 2 bridgehead atoms. The van der Waals surface area contributed by atoms with E-state index in [2.05, 4.69) is 73.4 Å². The van der Waals surface area contributed by atoms with E-state index in [1.165, 1.54) is 11.8 Å². The second-order valence-corrected chi connectivity index (χ2v) is 41.6. The number of halogens is 1. The van der Waals surface area contributed by atoms with Crippen molar-refractivity contribution >= 4 is 170 Å². The molecule has 18 N–H and O–H groups in total. The number of aromatic amines is 2. The number of aromatic nitrogens is 2. The number of benzene rings is 3. The van der Waals surface area contributed by atoms with Crippen molar-refractivity contribution in [3.05, 3.63) is 106 Å². The molecule has 10 atom stereocenters. The number of ether oxygens (including phenoxy) is 3. The number of para-hydroxylation sites is 1. The van der Waals surface area contributed by atoms with E-state index in [4.69, 9.17) is 25.8 Å². The van der Waals surface area contributed by atoms with Gasteiger partial charge < -0.3 is 113 Å². The van der Waals surface area contributed by atoms with Gasteiger partial charge in [-0.25, -0.2) is 4.99 Å². The zero-order chi connectivity index (χ0) is 110. The minimum Gasteiger partial charge on any atom is -0.481 e. The first-order valence-corrected chi connectivity index (χ1v) is 53.6. The number of H-pyrrole nitrogens is 2. The van der Waals surface area contributed by atoms with Gasteiger partial charge in [0.05, 0.1) is 64.9 Å². The summed E-state index contributed by atoms with van der Waals surface area (Å²) in [4.78, 5) is 266. The van der Waals surface area contributed by atoms with Crippen LogP contribution in [0.25, 0.3) is 21.8 Å². The van der Waals surface area contributed by atoms with Crippen LogP contribution in [0.3, 0.4) is 0 Å². The van der Waals surface area contributed by atoms with E-state index >= 15 is 14.4 Å². The van der Waals surface area contributed by atoms with Gasteiger partial charge in [0.2, 0.25) is 70.9 Å². The van der Waals surface area contributed by atoms with E-state index in [0.29, 0.717) is 107 Å². The lowest BCUT2D eigenvalue weighted by atomic mass is 9.95. The lowest BCUT2D eigenvalue weighted by Gasteiger charge is -2.32. The Labute approximate surface area is 885 Å². The van der Waals surface area contributed by atoms with Gasteiger partial charge in [-0.2, -0.15) is 23.5 Å². The number of carboxylic acids is 5. The van der Waals surface area contributed by atoms with Crippen LogP contribution in [0.2, 0.25) is 5.02 Å². The van der Waals surface area contributed by atoms with Crippen LogP contribution in [0.1, 0.15) is 155 Å². The average molecular weight is 2160 g/mol. The van der Waals surface area contributed by atoms with E-state index in [1.54, 1.807) is 116 Å². The van der Waals surface area contributed by atoms with E-state index < -0.39 is 192 Å². The van der Waals surface area contributed by atoms with Crippen LogP contribution in [0.5, 0.6) is 0 Å². The number of nitrogens with zero attached hydrogens (tertiary/aromatic N) is 6. The van der Waals surface area contributed by atoms with Gasteiger partial charge >= 0.3 is 29.8 Å². The van der Waals surface area contributed by atoms with Crippen LogP contribution in [0.4, 0.5) is 0 Å². The monoisotopic (exact) mass is 2150 g/mol. The van der Waals surface area contributed by atoms with Gasteiger partial charge in [-0.05, 0) is 129 Å². The molecule has 3 aliphatic rings. The molecule has 5 aromatic rings. The van der Waals surface area contributed by atoms with Crippen molar-refractivity contribution in [2.45, 2.75) is 211 Å². The summed E-state index contributed by atoms with van der Waals surface area (Å²) in [5.74, 6) is -17.2. The van der Waals surface area contributed by atoms with Crippen molar-refractivity contribution in [2.24, 2.45) is 28.7 Å². The zero-order valence-electron chi connectivity index (χ0n) is 86.5. The van der Waals surface area contributed by atoms with Gasteiger partial charge in [-0.3, -0.25) is 106 Å². The summed E-state index contributed by atoms with van der Waals surface area (Å²) >= 11 is 9.35. The van der Waals surface area contributed by atoms with Crippen molar-refractivity contribution in [1.29, 1.82) is 0 Å². The number of carboxylic acid groups (broad SMARTS) is 5. The second kappa shape index (κ2) is 63.8. The largest absolute Gasteiger partial charge is 0.481 e. The number of fused-ring (bicyclic) bond motifs is 4. The third-order valence-corrected chi connectivity index (χ3v) is 27.8. The molecule has 2 saturated heterocycles. The maximum atomic E-state index is 15.2. The summed E-state index contributed by atoms with van der Waals surface area (Å²) in [6.45, 7) is 17.2. The Morgan fingerprint density at radius 3 is 1.69 bits per heavy atom. The first kappa shape index (κ1) is 123. The molecule has 826 valence electrons. The topological polar surface area (TPSA) is 629 Å². The van der Waals surface area contributed by atoms with E-state index in [0.717, 1.165) is 22.2 Å². The SMILES string of the molecule is CC[C@H](C)C1NC(=O)C(CC(C)C)NC(=O)[C@@H](NC(=O)[C@H](CCC(=O)O)NC(=O)[C@@H](CC(C)C)NC(=O)C(C=NC(=O)[C@@H]2CCCN2C(=O)[C@H](CC(=O)O)NC(=O)[C@H](Cc2c[nH]c3ccccc23)NC(=O)CCC(=O)NCCCOCCOCCOCCCNC(=O)CN2CCN(CC(=O)O)CCN(CC(=O)O)CCN(CC(=O)O)CC2)Cc2c[nH]c3ccc(Cl)cc23)CSCc2cccc(c2)CSCCNC(=O)C(C)(C)NC1=O. The molecule has 13 amide bonds. The molecule has 0 aliphatic carbocycles. The molecule has 45 nitrogen and oxygen atoms in total. The fourth-order valence-corrected chi connectivity index (χ4v) is 19.2. The van der Waals surface area contributed by atoms with Crippen LogP contribution in [-0.4, -0.2) is 383 Å². The van der Waals surface area contributed by atoms with Gasteiger partial charge in [-0.1, -0.05) is 102 Å². The predicted molar refractivity (Wildman–Crippen MR) is 561 cm³/mol. The molecule has 0 radical (unpaired) electrons. The molecule has 2 fully saturated rings. The average Bonchev–Trinajstić information content (AvgIpc) is 1.64. The second-order valence-electron chi connectivity index (χ2n) is 39.1. The van der Waals surface area contributed by atoms with Gasteiger partial charge in [-0.15, -0.1) is 0 Å². The summed E-state index contributed by atoms with van der Waals surface area (Å²) in [6, 6.07) is 7.95. The number of aliphatic carboxylic acids is 5. The number of rotatable bonds is 52. The van der Waals surface area contributed by atoms with E-state index in [1.807, 2.05) is 49.9 Å². The van der Waals surface area contributed by atoms with E-state index in [9.17, 15) is 97.5 Å². The minimum absolute atomic E-state index is 0.0125. The molecule has 150 heavy (non-hydrogen) atoms. The molecule has 8 rings (SSSR count). The van der Waals surface area contributed by atoms with Gasteiger partial charge in [0.15, 0.2) is 0 Å². The number of thioether (sulfide) groups is 2. The summed E-state index contributed by atoms with van der Waals surface area (Å²) in [7, 11) is 0. The molecule has 2 aromatic heterocycles. The maximum absolute atomic E-state index is 15.2. The van der Waals surface area contributed by atoms with Crippen molar-refractivity contribution in [2.75, 3.05) is 156 Å². The van der Waals surface area contributed by atoms with Gasteiger partial charge in [0, 0.05) is 186 Å². The minimum atomic E-state index is -1.84. The summed E-state index contributed by atoms with van der Waals surface area (Å²) in [5, 5.41) is 80.9. The normalized spacial score (nSPS) is 18.8. The highest BCUT2D eigenvalue weighted by Gasteiger charge is 2.43. The number of hydrogen-bond donors (Lipinski definition) is 18. The third-order valence-electron chi connectivity index (χ3n) is 25.5. The van der Waals surface area contributed by atoms with Crippen molar-refractivity contribution in [3.8, 4) is 0 Å². The summed E-state index contributed by atoms with van der Waals surface area (Å²) < 4.78 is 16.9. The molecule has 48 heteroatoms. The Morgan fingerprint density at radius 2 is 1.10 bits per heavy atom. The lowest BCUT2D eigenvalue weighted by Crippen LogP contribution is -2.62. The van der Waals surface area contributed by atoms with Crippen molar-refractivity contribution in [1.82, 2.24) is 93.0 Å². The predicted octanol–water partition coefficient (Wildman–Crippen LogP) is 2.67. The Morgan fingerprint density at radius 1 is 0.547 bits per heavy atom. The molecule has 0 spiro atoms. The number of nitrogens with one attached hydrogen (secondary N) is 13. The maximum Gasteiger partial charge on any atom is 0.317 e. The highest BCUT2D eigenvalue weighted by atomic mass is 35.5. The number of carbonyl (C=O) groups excluding carboxylic acids is 13. The molecule has 3 aliphatic heterocycles. The molecule has 3 unspecified atom stereocenters. The first-order chi connectivity index (χ1) is 71.5. The van der Waals surface area contributed by atoms with Crippen LogP contribution in [0.15, 0.2) is 84.1 Å². The lowest BCUT2D eigenvalue weighted by molar-refractivity contribution is -0.145. The standard InChI is InChI=1S/C102H148ClN19O26S2/c1-9-65(6)91-99(143)117-102(7,8)101(145)106-29-45-149-60-66-16-12-17-67(48-66)61-150-62-81(97(141)113-78(47-64(4)5)96(140)116-91)115-93(137)76(23-26-86(126)127)111-94(138)77(46-63(2)3)112-92(136)70(49-68-53-108-75-22-21-71(103)51-73(68)75)55-109-98(142)82-20-13-30-122(82)100(144)80(52-87(128)129)114-95(139)79(50-69-54-107-74-19-11-10-18-72(69)74)110-84(124)25-24-83(123)104-27-14-39-146-41-43-148-44-42-147-40-15-28-105-85(125)56-118-31-33-119(57-88(130)131)35-37-121(59-90(134)135)38-36-120(34-32-118)58-89(132)133/h10-12,16-19,21-22,48,51,53-55,63-65,70,76-82,91,107-108H,9,13-15,20,23-47,49-50,52,56-62H2,1-8H3,(H,104,123)(H,105,125)(H,106,145)(H,110,124)(H,111,138)(H,112,136)(H,113,141)(H,114,139)(H,115,137)(H,116,140)(H,117,143)(H,126,127)(H,128,129)(H,130,131)(H,132,133)(H,134,135)/t65-,70?,76-,77+,78?,79-,80-,81-,82-,91?/m0/s1. The number of carbonyl (C=O) groups is 18. The molecule has 5 heterocycles. The number of hydrogen-bond acceptors (Lipinski definition) is 27. The van der Waals surface area contributed by atoms with Crippen molar-refractivity contribution in [3.63, 3.8) is 0 Å². The third kappa shape index (κ3) is 43.6. The summed E-state index contributed by atoms with van der Waals surface area (Å²) in [5.41, 5.74) is 2.74. The zero-order valence-corrected chi connectivity index (χ0v) is 88.9. The van der Waals surface area contributed by atoms with Gasteiger partial charge in [0.25, 0.3) is 5.91 Å². The highest BCUT2D eigenvalue weighted by molar-refractivity contribution is 7.98. The van der Waals surface area contributed by atoms with Gasteiger partial charge in [0.1, 0.15) is 53.9 Å². The van der Waals surface area contributed by atoms with Crippen molar-refractivity contribution < 1.29 is 126 Å². The molecular weight excluding hydrogens is 2010 g/mol.